The van der Waals surface area contributed by atoms with Gasteiger partial charge in [-0.25, -0.2) is 0 Å². The normalized spacial score (nSPS) is 14.8. The lowest BCUT2D eigenvalue weighted by Gasteiger charge is -2.24. The average Bonchev–Trinajstić information content (AvgIpc) is 2.38. The summed E-state index contributed by atoms with van der Waals surface area (Å²) in [4.78, 5) is 0. The number of aryl methyl sites for hydroxylation is 1. The van der Waals surface area contributed by atoms with Gasteiger partial charge in [-0.3, -0.25) is 0 Å². The quantitative estimate of drug-likeness (QED) is 0.756. The van der Waals surface area contributed by atoms with E-state index in [9.17, 15) is 5.11 Å². The predicted octanol–water partition coefficient (Wildman–Crippen LogP) is 3.55. The molecule has 1 atom stereocenters. The van der Waals surface area contributed by atoms with Crippen LogP contribution in [-0.4, -0.2) is 23.9 Å². The Labute approximate surface area is 129 Å². The Bertz CT molecular complexity index is 447. The lowest BCUT2D eigenvalue weighted by atomic mass is 9.85. The Kier molecular flexibility index (Phi) is 6.24. The Morgan fingerprint density at radius 2 is 1.81 bits per heavy atom. The van der Waals surface area contributed by atoms with Gasteiger partial charge < -0.3 is 15.6 Å². The standard InChI is InChI=1S/C18H31NO2/c1-14-8-9-16(15(12-14)17(2,3)4)21-11-7-6-10-18(5,20)13-19/h8-9,12,20H,6-7,10-11,13,19H2,1-5H3. The summed E-state index contributed by atoms with van der Waals surface area (Å²) in [6.07, 6.45) is 2.56. The highest BCUT2D eigenvalue weighted by Crippen LogP contribution is 2.32. The number of hydrogen-bond acceptors (Lipinski definition) is 3. The van der Waals surface area contributed by atoms with E-state index in [4.69, 9.17) is 10.5 Å². The SMILES string of the molecule is Cc1ccc(OCCCCC(C)(O)CN)c(C(C)(C)C)c1. The van der Waals surface area contributed by atoms with Crippen molar-refractivity contribution in [2.45, 2.75) is 64.9 Å². The number of unbranched alkanes of at least 4 members (excludes halogenated alkanes) is 1. The average molecular weight is 293 g/mol. The first-order valence-electron chi connectivity index (χ1n) is 7.82. The smallest absolute Gasteiger partial charge is 0.123 e. The number of hydrogen-bond donors (Lipinski definition) is 2. The topological polar surface area (TPSA) is 55.5 Å². The van der Waals surface area contributed by atoms with Gasteiger partial charge in [0.2, 0.25) is 0 Å². The van der Waals surface area contributed by atoms with Gasteiger partial charge >= 0.3 is 0 Å². The first kappa shape index (κ1) is 18.0. The minimum absolute atomic E-state index is 0.0740. The van der Waals surface area contributed by atoms with Gasteiger partial charge in [0.1, 0.15) is 5.75 Å². The highest BCUT2D eigenvalue weighted by molar-refractivity contribution is 5.41. The molecule has 0 bridgehead atoms. The van der Waals surface area contributed by atoms with Gasteiger partial charge in [0.25, 0.3) is 0 Å². The van der Waals surface area contributed by atoms with Crippen LogP contribution >= 0.6 is 0 Å². The third-order valence-corrected chi connectivity index (χ3v) is 3.75. The molecule has 0 saturated carbocycles. The van der Waals surface area contributed by atoms with E-state index >= 15 is 0 Å². The Balaban J connectivity index is 2.53. The molecule has 1 aromatic rings. The van der Waals surface area contributed by atoms with Crippen LogP contribution in [0.1, 0.15) is 58.1 Å². The zero-order chi connectivity index (χ0) is 16.1. The fraction of sp³-hybridized carbons (Fsp3) is 0.667. The molecule has 0 aliphatic rings. The minimum Gasteiger partial charge on any atom is -0.493 e. The monoisotopic (exact) mass is 293 g/mol. The molecule has 3 heteroatoms. The minimum atomic E-state index is -0.750. The van der Waals surface area contributed by atoms with E-state index in [1.807, 2.05) is 0 Å². The summed E-state index contributed by atoms with van der Waals surface area (Å²) in [5.74, 6) is 0.971. The number of ether oxygens (including phenoxy) is 1. The van der Waals surface area contributed by atoms with Gasteiger partial charge in [-0.1, -0.05) is 38.5 Å². The zero-order valence-corrected chi connectivity index (χ0v) is 14.2. The van der Waals surface area contributed by atoms with Crippen molar-refractivity contribution in [2.75, 3.05) is 13.2 Å². The lowest BCUT2D eigenvalue weighted by Crippen LogP contribution is -2.33. The van der Waals surface area contributed by atoms with Crippen molar-refractivity contribution in [2.24, 2.45) is 5.73 Å². The van der Waals surface area contributed by atoms with Gasteiger partial charge in [0, 0.05) is 6.54 Å². The molecule has 0 saturated heterocycles. The molecule has 1 rings (SSSR count). The summed E-state index contributed by atoms with van der Waals surface area (Å²) in [5.41, 5.74) is 7.34. The number of aliphatic hydroxyl groups is 1. The maximum Gasteiger partial charge on any atom is 0.123 e. The van der Waals surface area contributed by atoms with Crippen molar-refractivity contribution in [1.29, 1.82) is 0 Å². The Hall–Kier alpha value is -1.06. The van der Waals surface area contributed by atoms with E-state index in [2.05, 4.69) is 45.9 Å². The molecule has 1 unspecified atom stereocenters. The van der Waals surface area contributed by atoms with Crippen LogP contribution in [0.4, 0.5) is 0 Å². The molecular formula is C18H31NO2. The van der Waals surface area contributed by atoms with Crippen LogP contribution in [0.25, 0.3) is 0 Å². The predicted molar refractivity (Wildman–Crippen MR) is 88.9 cm³/mol. The summed E-state index contributed by atoms with van der Waals surface area (Å²) >= 11 is 0. The third-order valence-electron chi connectivity index (χ3n) is 3.75. The van der Waals surface area contributed by atoms with Crippen molar-refractivity contribution in [3.05, 3.63) is 29.3 Å². The van der Waals surface area contributed by atoms with Crippen molar-refractivity contribution in [3.63, 3.8) is 0 Å². The molecule has 0 amide bonds. The lowest BCUT2D eigenvalue weighted by molar-refractivity contribution is 0.0562. The van der Waals surface area contributed by atoms with Crippen LogP contribution in [0.2, 0.25) is 0 Å². The van der Waals surface area contributed by atoms with E-state index in [0.717, 1.165) is 18.6 Å². The molecule has 0 aliphatic heterocycles. The Morgan fingerprint density at radius 1 is 1.14 bits per heavy atom. The van der Waals surface area contributed by atoms with Crippen molar-refractivity contribution in [1.82, 2.24) is 0 Å². The third kappa shape index (κ3) is 6.06. The molecule has 1 aromatic carbocycles. The van der Waals surface area contributed by atoms with Crippen molar-refractivity contribution < 1.29 is 9.84 Å². The molecule has 0 spiro atoms. The van der Waals surface area contributed by atoms with Gasteiger partial charge in [-0.15, -0.1) is 0 Å². The van der Waals surface area contributed by atoms with Crippen LogP contribution in [-0.2, 0) is 5.41 Å². The maximum absolute atomic E-state index is 9.86. The highest BCUT2D eigenvalue weighted by atomic mass is 16.5. The van der Waals surface area contributed by atoms with E-state index < -0.39 is 5.60 Å². The molecule has 21 heavy (non-hydrogen) atoms. The van der Waals surface area contributed by atoms with Gasteiger partial charge in [-0.2, -0.15) is 0 Å². The van der Waals surface area contributed by atoms with Crippen molar-refractivity contribution in [3.8, 4) is 5.75 Å². The number of benzene rings is 1. The van der Waals surface area contributed by atoms with Crippen LogP contribution < -0.4 is 10.5 Å². The van der Waals surface area contributed by atoms with E-state index in [0.29, 0.717) is 19.6 Å². The summed E-state index contributed by atoms with van der Waals surface area (Å²) in [7, 11) is 0. The summed E-state index contributed by atoms with van der Waals surface area (Å²) in [6, 6.07) is 6.35. The molecular weight excluding hydrogens is 262 g/mol. The first-order chi connectivity index (χ1) is 9.65. The first-order valence-corrected chi connectivity index (χ1v) is 7.82. The zero-order valence-electron chi connectivity index (χ0n) is 14.2. The van der Waals surface area contributed by atoms with Crippen LogP contribution in [0.5, 0.6) is 5.75 Å². The molecule has 3 N–H and O–H groups in total. The largest absolute Gasteiger partial charge is 0.493 e. The fourth-order valence-corrected chi connectivity index (χ4v) is 2.25. The van der Waals surface area contributed by atoms with Crippen molar-refractivity contribution >= 4 is 0 Å². The fourth-order valence-electron chi connectivity index (χ4n) is 2.25. The van der Waals surface area contributed by atoms with Crippen LogP contribution in [0, 0.1) is 6.92 Å². The molecule has 120 valence electrons. The Morgan fingerprint density at radius 3 is 2.38 bits per heavy atom. The van der Waals surface area contributed by atoms with E-state index in [-0.39, 0.29) is 5.41 Å². The number of rotatable bonds is 7. The summed E-state index contributed by atoms with van der Waals surface area (Å²) in [5, 5.41) is 9.86. The van der Waals surface area contributed by atoms with E-state index in [1.165, 1.54) is 11.1 Å². The summed E-state index contributed by atoms with van der Waals surface area (Å²) in [6.45, 7) is 11.5. The summed E-state index contributed by atoms with van der Waals surface area (Å²) < 4.78 is 5.95. The molecule has 0 fully saturated rings. The molecule has 0 aromatic heterocycles. The van der Waals surface area contributed by atoms with Crippen LogP contribution in [0.3, 0.4) is 0 Å². The second kappa shape index (κ2) is 7.28. The highest BCUT2D eigenvalue weighted by Gasteiger charge is 2.19. The molecule has 0 aliphatic carbocycles. The van der Waals surface area contributed by atoms with Gasteiger partial charge in [-0.05, 0) is 50.2 Å². The second-order valence-corrected chi connectivity index (χ2v) is 7.26. The van der Waals surface area contributed by atoms with E-state index in [1.54, 1.807) is 6.92 Å². The number of nitrogens with two attached hydrogens (primary N) is 1. The van der Waals surface area contributed by atoms with Gasteiger partial charge in [0.15, 0.2) is 0 Å². The molecule has 3 nitrogen and oxygen atoms in total. The molecule has 0 heterocycles. The second-order valence-electron chi connectivity index (χ2n) is 7.26. The maximum atomic E-state index is 9.86. The van der Waals surface area contributed by atoms with Crippen LogP contribution in [0.15, 0.2) is 18.2 Å². The van der Waals surface area contributed by atoms with Gasteiger partial charge in [0.05, 0.1) is 12.2 Å². The molecule has 0 radical (unpaired) electrons.